The first kappa shape index (κ1) is 15.1. The van der Waals surface area contributed by atoms with Crippen molar-refractivity contribution in [3.8, 4) is 11.8 Å². The van der Waals surface area contributed by atoms with Gasteiger partial charge in [-0.15, -0.1) is 0 Å². The van der Waals surface area contributed by atoms with Crippen LogP contribution in [0.5, 0.6) is 5.75 Å². The van der Waals surface area contributed by atoms with Gasteiger partial charge in [0.1, 0.15) is 11.6 Å². The predicted molar refractivity (Wildman–Crippen MR) is 82.6 cm³/mol. The number of benzene rings is 1. The first-order valence-electron chi connectivity index (χ1n) is 6.83. The number of rotatable bonds is 7. The van der Waals surface area contributed by atoms with Crippen LogP contribution >= 0.6 is 0 Å². The molecule has 1 aromatic heterocycles. The largest absolute Gasteiger partial charge is 0.497 e. The fourth-order valence-corrected chi connectivity index (χ4v) is 2.22. The van der Waals surface area contributed by atoms with Gasteiger partial charge >= 0.3 is 0 Å². The van der Waals surface area contributed by atoms with Crippen molar-refractivity contribution in [3.63, 3.8) is 0 Å². The highest BCUT2D eigenvalue weighted by atomic mass is 16.5. The maximum absolute atomic E-state index is 8.83. The van der Waals surface area contributed by atoms with Crippen molar-refractivity contribution >= 4 is 16.6 Å². The van der Waals surface area contributed by atoms with E-state index in [9.17, 15) is 0 Å². The summed E-state index contributed by atoms with van der Waals surface area (Å²) in [5.74, 6) is 1.66. The molecule has 2 rings (SSSR count). The molecule has 0 aliphatic rings. The Balaban J connectivity index is 2.42. The second kappa shape index (κ2) is 7.46. The van der Waals surface area contributed by atoms with Crippen LogP contribution < -0.4 is 9.64 Å². The molecule has 0 atom stereocenters. The third kappa shape index (κ3) is 3.61. The van der Waals surface area contributed by atoms with E-state index >= 15 is 0 Å². The fraction of sp³-hybridized carbons (Fsp3) is 0.375. The van der Waals surface area contributed by atoms with E-state index in [1.165, 1.54) is 0 Å². The zero-order chi connectivity index (χ0) is 15.1. The smallest absolute Gasteiger partial charge is 0.136 e. The van der Waals surface area contributed by atoms with Crippen molar-refractivity contribution in [2.75, 3.05) is 38.8 Å². The number of pyridine rings is 1. The second-order valence-corrected chi connectivity index (χ2v) is 4.61. The summed E-state index contributed by atoms with van der Waals surface area (Å²) in [6, 6.07) is 10.1. The van der Waals surface area contributed by atoms with E-state index in [2.05, 4.69) is 16.0 Å². The van der Waals surface area contributed by atoms with Crippen molar-refractivity contribution in [1.82, 2.24) is 4.98 Å². The van der Waals surface area contributed by atoms with Gasteiger partial charge in [0, 0.05) is 31.8 Å². The minimum absolute atomic E-state index is 0.450. The Morgan fingerprint density at radius 1 is 1.24 bits per heavy atom. The molecule has 21 heavy (non-hydrogen) atoms. The third-order valence-electron chi connectivity index (χ3n) is 3.31. The Morgan fingerprint density at radius 3 is 2.81 bits per heavy atom. The molecule has 0 saturated carbocycles. The molecule has 0 unspecified atom stereocenters. The van der Waals surface area contributed by atoms with Crippen LogP contribution in [-0.2, 0) is 4.74 Å². The minimum atomic E-state index is 0.450. The number of anilines is 1. The highest BCUT2D eigenvalue weighted by Gasteiger charge is 2.12. The van der Waals surface area contributed by atoms with E-state index in [0.717, 1.165) is 22.3 Å². The Morgan fingerprint density at radius 2 is 2.10 bits per heavy atom. The first-order chi connectivity index (χ1) is 10.3. The summed E-state index contributed by atoms with van der Waals surface area (Å²) in [6.07, 6.45) is 2.24. The zero-order valence-electron chi connectivity index (χ0n) is 12.4. The van der Waals surface area contributed by atoms with Crippen LogP contribution in [0.3, 0.4) is 0 Å². The quantitative estimate of drug-likeness (QED) is 0.782. The van der Waals surface area contributed by atoms with Gasteiger partial charge in [-0.2, -0.15) is 5.26 Å². The van der Waals surface area contributed by atoms with Crippen molar-refractivity contribution < 1.29 is 9.47 Å². The summed E-state index contributed by atoms with van der Waals surface area (Å²) < 4.78 is 10.4. The van der Waals surface area contributed by atoms with Gasteiger partial charge in [-0.3, -0.25) is 0 Å². The maximum atomic E-state index is 8.83. The van der Waals surface area contributed by atoms with Crippen LogP contribution in [0.1, 0.15) is 6.42 Å². The van der Waals surface area contributed by atoms with Gasteiger partial charge in [0.2, 0.25) is 0 Å². The Bertz CT molecular complexity index is 637. The number of fused-ring (bicyclic) bond motifs is 1. The average molecular weight is 285 g/mol. The molecule has 1 heterocycles. The normalized spacial score (nSPS) is 10.3. The first-order valence-corrected chi connectivity index (χ1v) is 6.83. The van der Waals surface area contributed by atoms with Crippen LogP contribution in [0.2, 0.25) is 0 Å². The lowest BCUT2D eigenvalue weighted by atomic mass is 10.1. The van der Waals surface area contributed by atoms with Gasteiger partial charge in [0.15, 0.2) is 0 Å². The Kier molecular flexibility index (Phi) is 5.35. The van der Waals surface area contributed by atoms with E-state index < -0.39 is 0 Å². The molecule has 0 fully saturated rings. The molecule has 0 saturated heterocycles. The molecular weight excluding hydrogens is 266 g/mol. The average Bonchev–Trinajstić information content (AvgIpc) is 2.54. The van der Waals surface area contributed by atoms with E-state index in [0.29, 0.717) is 26.1 Å². The molecule has 0 N–H and O–H groups in total. The molecule has 0 radical (unpaired) electrons. The molecule has 1 aromatic carbocycles. The van der Waals surface area contributed by atoms with E-state index in [-0.39, 0.29) is 0 Å². The molecule has 0 aliphatic heterocycles. The van der Waals surface area contributed by atoms with Gasteiger partial charge in [-0.1, -0.05) is 6.07 Å². The zero-order valence-corrected chi connectivity index (χ0v) is 12.4. The number of ether oxygens (including phenoxy) is 2. The molecule has 0 bridgehead atoms. The molecule has 5 heteroatoms. The van der Waals surface area contributed by atoms with Crippen LogP contribution in [0.4, 0.5) is 5.82 Å². The van der Waals surface area contributed by atoms with Crippen molar-refractivity contribution in [2.45, 2.75) is 6.42 Å². The number of nitriles is 1. The van der Waals surface area contributed by atoms with Gasteiger partial charge in [0.05, 0.1) is 26.2 Å². The lowest BCUT2D eigenvalue weighted by molar-refractivity contribution is 0.205. The molecule has 0 spiro atoms. The molecule has 110 valence electrons. The predicted octanol–water partition coefficient (Wildman–Crippen LogP) is 2.61. The number of methoxy groups -OCH3 is 2. The van der Waals surface area contributed by atoms with Crippen LogP contribution in [0.25, 0.3) is 10.8 Å². The lowest BCUT2D eigenvalue weighted by Gasteiger charge is -2.23. The van der Waals surface area contributed by atoms with E-state index in [1.807, 2.05) is 24.3 Å². The highest BCUT2D eigenvalue weighted by molar-refractivity contribution is 5.93. The summed E-state index contributed by atoms with van der Waals surface area (Å²) in [4.78, 5) is 6.57. The summed E-state index contributed by atoms with van der Waals surface area (Å²) in [5.41, 5.74) is 0. The van der Waals surface area contributed by atoms with Gasteiger partial charge in [-0.25, -0.2) is 4.98 Å². The molecular formula is C16H19N3O2. The van der Waals surface area contributed by atoms with Crippen LogP contribution in [-0.4, -0.2) is 38.9 Å². The molecule has 0 aliphatic carbocycles. The lowest BCUT2D eigenvalue weighted by Crippen LogP contribution is -2.29. The van der Waals surface area contributed by atoms with Crippen LogP contribution in [0, 0.1) is 11.3 Å². The number of nitrogens with zero attached hydrogens (tertiary/aromatic N) is 3. The van der Waals surface area contributed by atoms with Crippen molar-refractivity contribution in [2.24, 2.45) is 0 Å². The maximum Gasteiger partial charge on any atom is 0.136 e. The minimum Gasteiger partial charge on any atom is -0.497 e. The Hall–Kier alpha value is -2.32. The number of hydrogen-bond acceptors (Lipinski definition) is 5. The Labute approximate surface area is 124 Å². The van der Waals surface area contributed by atoms with Crippen molar-refractivity contribution in [3.05, 3.63) is 30.5 Å². The molecule has 2 aromatic rings. The monoisotopic (exact) mass is 285 g/mol. The summed E-state index contributed by atoms with van der Waals surface area (Å²) in [6.45, 7) is 1.91. The van der Waals surface area contributed by atoms with Gasteiger partial charge in [0.25, 0.3) is 0 Å². The SMILES string of the molecule is COCCN(CCC#N)c1nccc2ccc(OC)cc12. The molecule has 5 nitrogen and oxygen atoms in total. The third-order valence-corrected chi connectivity index (χ3v) is 3.31. The van der Waals surface area contributed by atoms with Gasteiger partial charge in [-0.05, 0) is 23.6 Å². The number of aromatic nitrogens is 1. The number of hydrogen-bond donors (Lipinski definition) is 0. The van der Waals surface area contributed by atoms with Crippen molar-refractivity contribution in [1.29, 1.82) is 5.26 Å². The van der Waals surface area contributed by atoms with E-state index in [4.69, 9.17) is 14.7 Å². The summed E-state index contributed by atoms with van der Waals surface area (Å²) in [5, 5.41) is 11.0. The summed E-state index contributed by atoms with van der Waals surface area (Å²) >= 11 is 0. The van der Waals surface area contributed by atoms with Gasteiger partial charge < -0.3 is 14.4 Å². The van der Waals surface area contributed by atoms with Crippen LogP contribution in [0.15, 0.2) is 30.5 Å². The standard InChI is InChI=1S/C16H19N3O2/c1-20-11-10-19(9-3-7-17)16-15-12-14(21-2)5-4-13(15)6-8-18-16/h4-6,8,12H,3,9-11H2,1-2H3. The highest BCUT2D eigenvalue weighted by Crippen LogP contribution is 2.28. The van der Waals surface area contributed by atoms with E-state index in [1.54, 1.807) is 20.4 Å². The fourth-order valence-electron chi connectivity index (χ4n) is 2.22. The topological polar surface area (TPSA) is 58.4 Å². The molecule has 0 amide bonds. The second-order valence-electron chi connectivity index (χ2n) is 4.61. The summed E-state index contributed by atoms with van der Waals surface area (Å²) in [7, 11) is 3.32.